The van der Waals surface area contributed by atoms with Crippen LogP contribution >= 0.6 is 0 Å². The third kappa shape index (κ3) is 5.63. The van der Waals surface area contributed by atoms with Crippen LogP contribution in [0.15, 0.2) is 120 Å². The first kappa shape index (κ1) is 29.3. The largest absolute Gasteiger partial charge is 0.489 e. The molecule has 0 bridgehead atoms. The van der Waals surface area contributed by atoms with Crippen LogP contribution in [0.1, 0.15) is 76.0 Å². The Kier molecular flexibility index (Phi) is 7.27. The molecule has 0 N–H and O–H groups in total. The zero-order chi connectivity index (χ0) is 31.3. The quantitative estimate of drug-likeness (QED) is 0.223. The molecule has 0 aromatic heterocycles. The average Bonchev–Trinajstić information content (AvgIpc) is 3.00. The number of fused-ring (bicyclic) bond motifs is 1. The molecule has 0 atom stereocenters. The van der Waals surface area contributed by atoms with Crippen molar-refractivity contribution in [3.63, 3.8) is 0 Å². The first-order valence-corrected chi connectivity index (χ1v) is 16.1. The van der Waals surface area contributed by atoms with Crippen LogP contribution in [0.3, 0.4) is 0 Å². The molecule has 0 unspecified atom stereocenters. The van der Waals surface area contributed by atoms with Crippen molar-refractivity contribution in [1.29, 1.82) is 0 Å². The molecule has 1 aliphatic heterocycles. The van der Waals surface area contributed by atoms with Gasteiger partial charge in [0.15, 0.2) is 11.6 Å². The summed E-state index contributed by atoms with van der Waals surface area (Å²) in [6, 6.07) is 33.2. The number of benzene rings is 4. The molecule has 0 saturated heterocycles. The van der Waals surface area contributed by atoms with Gasteiger partial charge in [-0.05, 0) is 63.3 Å². The summed E-state index contributed by atoms with van der Waals surface area (Å²) in [4.78, 5) is 30.6. The normalized spacial score (nSPS) is 19.5. The summed E-state index contributed by atoms with van der Waals surface area (Å²) >= 11 is 0. The molecular formula is C41H41NO3. The van der Waals surface area contributed by atoms with E-state index < -0.39 is 0 Å². The molecule has 2 aliphatic carbocycles. The minimum Gasteiger partial charge on any atom is -0.489 e. The summed E-state index contributed by atoms with van der Waals surface area (Å²) in [5.41, 5.74) is 6.78. The molecule has 7 rings (SSSR count). The highest BCUT2D eigenvalue weighted by molar-refractivity contribution is 6.06. The first-order chi connectivity index (χ1) is 21.6. The summed E-state index contributed by atoms with van der Waals surface area (Å²) in [6.07, 6.45) is 2.57. The highest BCUT2D eigenvalue weighted by Crippen LogP contribution is 2.54. The van der Waals surface area contributed by atoms with Gasteiger partial charge in [0.05, 0.1) is 0 Å². The Bertz CT molecular complexity index is 1800. The van der Waals surface area contributed by atoms with Crippen LogP contribution < -0.4 is 4.74 Å². The number of hydrogen-bond donors (Lipinski definition) is 0. The minimum atomic E-state index is -0.360. The maximum atomic E-state index is 14.1. The Balaban J connectivity index is 1.28. The monoisotopic (exact) mass is 595 g/mol. The van der Waals surface area contributed by atoms with E-state index in [1.165, 1.54) is 16.3 Å². The van der Waals surface area contributed by atoms with E-state index in [0.717, 1.165) is 52.3 Å². The van der Waals surface area contributed by atoms with Gasteiger partial charge in [-0.15, -0.1) is 0 Å². The van der Waals surface area contributed by atoms with Crippen LogP contribution in [0.2, 0.25) is 0 Å². The Labute approximate surface area is 266 Å². The smallest absolute Gasteiger partial charge is 0.162 e. The lowest BCUT2D eigenvalue weighted by molar-refractivity contribution is -0.119. The van der Waals surface area contributed by atoms with Crippen molar-refractivity contribution < 1.29 is 14.3 Å². The van der Waals surface area contributed by atoms with E-state index in [4.69, 9.17) is 4.74 Å². The molecule has 1 heterocycles. The van der Waals surface area contributed by atoms with Gasteiger partial charge in [0.2, 0.25) is 0 Å². The standard InChI is InChI=1S/C41H41NO3/c1-40(2)21-33-38(35(43)23-40)37(39-34(22-41(3,4)24-36(39)44)42(33)25-27-11-6-5-7-12-27)29-17-19-31(20-18-29)45-26-30-15-10-14-28-13-8-9-16-32(28)30/h5-20,37H,21-26H2,1-4H3. The van der Waals surface area contributed by atoms with E-state index >= 15 is 0 Å². The SMILES string of the molecule is CC1(C)CC(=O)C2=C(C1)N(Cc1ccccc1)C1=C(C(=O)CC(C)(C)C1)C2c1ccc(OCc2cccc3ccccc23)cc1. The Morgan fingerprint density at radius 3 is 1.89 bits per heavy atom. The van der Waals surface area contributed by atoms with Crippen molar-refractivity contribution in [3.8, 4) is 5.75 Å². The van der Waals surface area contributed by atoms with Crippen molar-refractivity contribution in [2.75, 3.05) is 0 Å². The highest BCUT2D eigenvalue weighted by atomic mass is 16.5. The van der Waals surface area contributed by atoms with Gasteiger partial charge in [0, 0.05) is 47.8 Å². The summed E-state index contributed by atoms with van der Waals surface area (Å²) in [6.45, 7) is 9.86. The number of ether oxygens (including phenoxy) is 1. The number of nitrogens with zero attached hydrogens (tertiary/aromatic N) is 1. The third-order valence-corrected chi connectivity index (χ3v) is 9.69. The molecule has 4 aromatic rings. The Hall–Kier alpha value is -4.44. The fraction of sp³-hybridized carbons (Fsp3) is 0.317. The van der Waals surface area contributed by atoms with Crippen molar-refractivity contribution >= 4 is 22.3 Å². The van der Waals surface area contributed by atoms with E-state index in [1.807, 2.05) is 18.2 Å². The molecule has 0 radical (unpaired) electrons. The number of hydrogen-bond acceptors (Lipinski definition) is 4. The lowest BCUT2D eigenvalue weighted by Crippen LogP contribution is -2.44. The van der Waals surface area contributed by atoms with Crippen LogP contribution in [-0.2, 0) is 22.7 Å². The highest BCUT2D eigenvalue weighted by Gasteiger charge is 2.48. The topological polar surface area (TPSA) is 46.6 Å². The van der Waals surface area contributed by atoms with E-state index in [2.05, 4.69) is 111 Å². The maximum Gasteiger partial charge on any atom is 0.162 e. The van der Waals surface area contributed by atoms with Crippen molar-refractivity contribution in [1.82, 2.24) is 4.90 Å². The van der Waals surface area contributed by atoms with Gasteiger partial charge >= 0.3 is 0 Å². The fourth-order valence-electron chi connectivity index (χ4n) is 7.67. The summed E-state index contributed by atoms with van der Waals surface area (Å²) in [7, 11) is 0. The molecule has 4 nitrogen and oxygen atoms in total. The number of rotatable bonds is 6. The predicted octanol–water partition coefficient (Wildman–Crippen LogP) is 9.30. The summed E-state index contributed by atoms with van der Waals surface area (Å²) < 4.78 is 6.27. The van der Waals surface area contributed by atoms with Gasteiger partial charge in [-0.25, -0.2) is 0 Å². The Morgan fingerprint density at radius 2 is 1.24 bits per heavy atom. The molecule has 0 fully saturated rings. The zero-order valence-corrected chi connectivity index (χ0v) is 26.7. The number of ketones is 2. The van der Waals surface area contributed by atoms with E-state index in [-0.39, 0.29) is 28.3 Å². The average molecular weight is 596 g/mol. The van der Waals surface area contributed by atoms with Crippen LogP contribution in [0.5, 0.6) is 5.75 Å². The van der Waals surface area contributed by atoms with Crippen molar-refractivity contribution in [2.45, 2.75) is 72.4 Å². The Morgan fingerprint density at radius 1 is 0.667 bits per heavy atom. The molecule has 3 aliphatic rings. The predicted molar refractivity (Wildman–Crippen MR) is 180 cm³/mol. The number of carbonyl (C=O) groups excluding carboxylic acids is 2. The van der Waals surface area contributed by atoms with Gasteiger partial charge in [-0.3, -0.25) is 9.59 Å². The molecule has 4 aromatic carbocycles. The molecule has 4 heteroatoms. The lowest BCUT2D eigenvalue weighted by Gasteiger charge is -2.49. The van der Waals surface area contributed by atoms with Crippen molar-refractivity contribution in [2.24, 2.45) is 10.8 Å². The lowest BCUT2D eigenvalue weighted by atomic mass is 9.63. The fourth-order valence-corrected chi connectivity index (χ4v) is 7.67. The van der Waals surface area contributed by atoms with E-state index in [9.17, 15) is 9.59 Å². The molecule has 0 amide bonds. The van der Waals surface area contributed by atoms with Gasteiger partial charge in [-0.2, -0.15) is 0 Å². The van der Waals surface area contributed by atoms with Crippen LogP contribution in [-0.4, -0.2) is 16.5 Å². The van der Waals surface area contributed by atoms with Crippen molar-refractivity contribution in [3.05, 3.63) is 136 Å². The first-order valence-electron chi connectivity index (χ1n) is 16.1. The zero-order valence-electron chi connectivity index (χ0n) is 26.7. The molecule has 0 spiro atoms. The van der Waals surface area contributed by atoms with Crippen LogP contribution in [0.4, 0.5) is 0 Å². The molecule has 0 saturated carbocycles. The number of carbonyl (C=O) groups is 2. The molecular weight excluding hydrogens is 554 g/mol. The van der Waals surface area contributed by atoms with Gasteiger partial charge in [0.1, 0.15) is 12.4 Å². The second kappa shape index (κ2) is 11.2. The molecule has 228 valence electrons. The van der Waals surface area contributed by atoms with Gasteiger partial charge in [0.25, 0.3) is 0 Å². The summed E-state index contributed by atoms with van der Waals surface area (Å²) in [5.74, 6) is 0.722. The summed E-state index contributed by atoms with van der Waals surface area (Å²) in [5, 5.41) is 2.39. The second-order valence-electron chi connectivity index (χ2n) is 14.6. The van der Waals surface area contributed by atoms with E-state index in [1.54, 1.807) is 0 Å². The van der Waals surface area contributed by atoms with E-state index in [0.29, 0.717) is 26.0 Å². The second-order valence-corrected chi connectivity index (χ2v) is 14.6. The van der Waals surface area contributed by atoms with Crippen LogP contribution in [0, 0.1) is 10.8 Å². The number of Topliss-reactive ketones (excluding diaryl/α,β-unsaturated/α-hetero) is 2. The third-order valence-electron chi connectivity index (χ3n) is 9.69. The minimum absolute atomic E-state index is 0.152. The number of allylic oxidation sites excluding steroid dienone is 4. The van der Waals surface area contributed by atoms with Gasteiger partial charge in [-0.1, -0.05) is 113 Å². The molecule has 45 heavy (non-hydrogen) atoms. The van der Waals surface area contributed by atoms with Crippen LogP contribution in [0.25, 0.3) is 10.8 Å². The van der Waals surface area contributed by atoms with Gasteiger partial charge < -0.3 is 9.64 Å². The maximum absolute atomic E-state index is 14.1.